The summed E-state index contributed by atoms with van der Waals surface area (Å²) in [5, 5.41) is 0.266. The van der Waals surface area contributed by atoms with E-state index in [1.807, 2.05) is 4.90 Å². The third-order valence-electron chi connectivity index (χ3n) is 3.32. The molecule has 1 saturated heterocycles. The quantitative estimate of drug-likeness (QED) is 0.802. The molecule has 4 nitrogen and oxygen atoms in total. The summed E-state index contributed by atoms with van der Waals surface area (Å²) in [6.45, 7) is 0.688. The molecule has 1 aliphatic heterocycles. The molecule has 0 spiro atoms. The van der Waals surface area contributed by atoms with Crippen molar-refractivity contribution in [1.82, 2.24) is 4.98 Å². The van der Waals surface area contributed by atoms with E-state index < -0.39 is 5.82 Å². The molecule has 0 saturated carbocycles. The van der Waals surface area contributed by atoms with Gasteiger partial charge in [-0.05, 0) is 25.3 Å². The summed E-state index contributed by atoms with van der Waals surface area (Å²) < 4.78 is 18.6. The van der Waals surface area contributed by atoms with E-state index >= 15 is 0 Å². The van der Waals surface area contributed by atoms with Gasteiger partial charge in [-0.3, -0.25) is 4.79 Å². The maximum atomic E-state index is 13.9. The minimum absolute atomic E-state index is 0.0654. The Hall–Kier alpha value is -1.36. The molecular formula is C13H16ClFN2O2. The molecule has 1 aromatic heterocycles. The average Bonchev–Trinajstić information content (AvgIpc) is 2.40. The molecule has 0 N–H and O–H groups in total. The Bertz CT molecular complexity index is 470. The highest BCUT2D eigenvalue weighted by Crippen LogP contribution is 2.28. The summed E-state index contributed by atoms with van der Waals surface area (Å²) in [6.07, 6.45) is 4.48. The van der Waals surface area contributed by atoms with Crippen LogP contribution in [0.4, 0.5) is 10.2 Å². The minimum Gasteiger partial charge on any atom is -0.469 e. The summed E-state index contributed by atoms with van der Waals surface area (Å²) in [4.78, 5) is 17.3. The average molecular weight is 287 g/mol. The van der Waals surface area contributed by atoms with Gasteiger partial charge in [0.1, 0.15) is 0 Å². The third-order valence-corrected chi connectivity index (χ3v) is 3.52. The van der Waals surface area contributed by atoms with Gasteiger partial charge in [0.05, 0.1) is 18.6 Å². The van der Waals surface area contributed by atoms with Gasteiger partial charge in [0.2, 0.25) is 0 Å². The Morgan fingerprint density at radius 2 is 2.42 bits per heavy atom. The number of rotatable bonds is 3. The van der Waals surface area contributed by atoms with Crippen molar-refractivity contribution in [2.75, 3.05) is 18.6 Å². The van der Waals surface area contributed by atoms with Crippen molar-refractivity contribution < 1.29 is 13.9 Å². The van der Waals surface area contributed by atoms with Crippen LogP contribution in [0.3, 0.4) is 0 Å². The fraction of sp³-hybridized carbons (Fsp3) is 0.538. The lowest BCUT2D eigenvalue weighted by molar-refractivity contribution is -0.141. The van der Waals surface area contributed by atoms with Gasteiger partial charge < -0.3 is 9.64 Å². The molecule has 2 heterocycles. The van der Waals surface area contributed by atoms with Crippen molar-refractivity contribution in [3.05, 3.63) is 23.1 Å². The van der Waals surface area contributed by atoms with Crippen LogP contribution < -0.4 is 4.90 Å². The molecule has 6 heteroatoms. The molecule has 0 amide bonds. The standard InChI is InChI=1S/C13H16ClFN2O2/c1-19-12(18)7-10-4-2-3-5-17(10)13-11(15)6-9(14)8-16-13/h6,8,10H,2-5,7H2,1H3. The predicted octanol–water partition coefficient (Wildman–Crippen LogP) is 2.80. The predicted molar refractivity (Wildman–Crippen MR) is 70.8 cm³/mol. The Morgan fingerprint density at radius 3 is 3.11 bits per heavy atom. The van der Waals surface area contributed by atoms with Crippen LogP contribution in [-0.2, 0) is 9.53 Å². The lowest BCUT2D eigenvalue weighted by atomic mass is 9.99. The van der Waals surface area contributed by atoms with E-state index in [1.54, 1.807) is 0 Å². The number of carbonyl (C=O) groups is 1. The number of pyridine rings is 1. The van der Waals surface area contributed by atoms with Crippen LogP contribution in [0.15, 0.2) is 12.3 Å². The molecule has 19 heavy (non-hydrogen) atoms. The number of piperidine rings is 1. The van der Waals surface area contributed by atoms with Crippen LogP contribution in [0.5, 0.6) is 0 Å². The number of anilines is 1. The van der Waals surface area contributed by atoms with E-state index in [9.17, 15) is 9.18 Å². The van der Waals surface area contributed by atoms with Crippen molar-refractivity contribution in [2.24, 2.45) is 0 Å². The number of hydrogen-bond acceptors (Lipinski definition) is 4. The minimum atomic E-state index is -0.454. The van der Waals surface area contributed by atoms with Gasteiger partial charge in [0.25, 0.3) is 0 Å². The summed E-state index contributed by atoms with van der Waals surface area (Å²) in [5.41, 5.74) is 0. The van der Waals surface area contributed by atoms with Crippen LogP contribution >= 0.6 is 11.6 Å². The van der Waals surface area contributed by atoms with E-state index in [0.717, 1.165) is 19.3 Å². The molecule has 0 bridgehead atoms. The molecule has 0 aromatic carbocycles. The summed E-state index contributed by atoms with van der Waals surface area (Å²) in [6, 6.07) is 1.18. The largest absolute Gasteiger partial charge is 0.469 e. The number of aromatic nitrogens is 1. The van der Waals surface area contributed by atoms with E-state index in [-0.39, 0.29) is 29.3 Å². The Morgan fingerprint density at radius 1 is 1.63 bits per heavy atom. The number of ether oxygens (including phenoxy) is 1. The fourth-order valence-electron chi connectivity index (χ4n) is 2.39. The van der Waals surface area contributed by atoms with Crippen molar-refractivity contribution in [1.29, 1.82) is 0 Å². The van der Waals surface area contributed by atoms with Crippen LogP contribution in [0.25, 0.3) is 0 Å². The highest BCUT2D eigenvalue weighted by atomic mass is 35.5. The van der Waals surface area contributed by atoms with Gasteiger partial charge in [0.15, 0.2) is 11.6 Å². The van der Waals surface area contributed by atoms with Crippen LogP contribution in [0.1, 0.15) is 25.7 Å². The SMILES string of the molecule is COC(=O)CC1CCCCN1c1ncc(Cl)cc1F. The normalized spacial score (nSPS) is 19.3. The Balaban J connectivity index is 2.21. The molecule has 0 aliphatic carbocycles. The molecule has 0 radical (unpaired) electrons. The van der Waals surface area contributed by atoms with Gasteiger partial charge in [0, 0.05) is 18.8 Å². The van der Waals surface area contributed by atoms with E-state index in [0.29, 0.717) is 6.54 Å². The topological polar surface area (TPSA) is 42.4 Å². The molecular weight excluding hydrogens is 271 g/mol. The van der Waals surface area contributed by atoms with E-state index in [1.165, 1.54) is 19.4 Å². The van der Waals surface area contributed by atoms with Gasteiger partial charge in [-0.1, -0.05) is 11.6 Å². The fourth-order valence-corrected chi connectivity index (χ4v) is 2.53. The summed E-state index contributed by atoms with van der Waals surface area (Å²) >= 11 is 5.70. The molecule has 1 unspecified atom stereocenters. The van der Waals surface area contributed by atoms with E-state index in [4.69, 9.17) is 11.6 Å². The first-order valence-electron chi connectivity index (χ1n) is 6.26. The maximum absolute atomic E-state index is 13.9. The second-order valence-electron chi connectivity index (χ2n) is 4.58. The van der Waals surface area contributed by atoms with E-state index in [2.05, 4.69) is 9.72 Å². The summed E-state index contributed by atoms with van der Waals surface area (Å²) in [7, 11) is 1.36. The van der Waals surface area contributed by atoms with Crippen molar-refractivity contribution >= 4 is 23.4 Å². The van der Waals surface area contributed by atoms with Crippen LogP contribution in [-0.4, -0.2) is 30.6 Å². The molecule has 1 aromatic rings. The lowest BCUT2D eigenvalue weighted by Gasteiger charge is -2.36. The van der Waals surface area contributed by atoms with Crippen molar-refractivity contribution in [3.63, 3.8) is 0 Å². The Kier molecular flexibility index (Phi) is 4.58. The zero-order valence-electron chi connectivity index (χ0n) is 10.7. The highest BCUT2D eigenvalue weighted by Gasteiger charge is 2.28. The first kappa shape index (κ1) is 14.1. The number of nitrogens with zero attached hydrogens (tertiary/aromatic N) is 2. The van der Waals surface area contributed by atoms with Crippen molar-refractivity contribution in [2.45, 2.75) is 31.7 Å². The zero-order chi connectivity index (χ0) is 13.8. The molecule has 1 fully saturated rings. The van der Waals surface area contributed by atoms with Gasteiger partial charge >= 0.3 is 5.97 Å². The lowest BCUT2D eigenvalue weighted by Crippen LogP contribution is -2.42. The molecule has 2 rings (SSSR count). The zero-order valence-corrected chi connectivity index (χ0v) is 11.5. The second kappa shape index (κ2) is 6.19. The van der Waals surface area contributed by atoms with Gasteiger partial charge in [-0.15, -0.1) is 0 Å². The molecule has 1 atom stereocenters. The first-order chi connectivity index (χ1) is 9.11. The number of halogens is 2. The van der Waals surface area contributed by atoms with Gasteiger partial charge in [-0.25, -0.2) is 9.37 Å². The van der Waals surface area contributed by atoms with Crippen molar-refractivity contribution in [3.8, 4) is 0 Å². The van der Waals surface area contributed by atoms with Crippen LogP contribution in [0, 0.1) is 5.82 Å². The first-order valence-corrected chi connectivity index (χ1v) is 6.64. The molecule has 1 aliphatic rings. The number of carbonyl (C=O) groups excluding carboxylic acids is 1. The highest BCUT2D eigenvalue weighted by molar-refractivity contribution is 6.30. The summed E-state index contributed by atoms with van der Waals surface area (Å²) in [5.74, 6) is -0.478. The molecule has 104 valence electrons. The maximum Gasteiger partial charge on any atom is 0.307 e. The monoisotopic (exact) mass is 286 g/mol. The number of hydrogen-bond donors (Lipinski definition) is 0. The second-order valence-corrected chi connectivity index (χ2v) is 5.02. The van der Waals surface area contributed by atoms with Crippen LogP contribution in [0.2, 0.25) is 5.02 Å². The number of esters is 1. The van der Waals surface area contributed by atoms with Gasteiger partial charge in [-0.2, -0.15) is 0 Å². The third kappa shape index (κ3) is 3.35. The number of methoxy groups -OCH3 is 1. The smallest absolute Gasteiger partial charge is 0.307 e. The Labute approximate surface area is 116 Å².